The summed E-state index contributed by atoms with van der Waals surface area (Å²) in [4.78, 5) is 24.5. The summed E-state index contributed by atoms with van der Waals surface area (Å²) < 4.78 is 10.3. The van der Waals surface area contributed by atoms with E-state index < -0.39 is 4.92 Å². The van der Waals surface area contributed by atoms with E-state index in [2.05, 4.69) is 10.2 Å². The SMILES string of the molecule is CCOCCCC(CN(CCC(=O)OC)Cc1ccc([N+](=O)[O-])cc1)Nc1ccccc1. The van der Waals surface area contributed by atoms with Crippen molar-refractivity contribution in [3.63, 3.8) is 0 Å². The summed E-state index contributed by atoms with van der Waals surface area (Å²) in [5.74, 6) is -0.261. The average molecular weight is 444 g/mol. The molecule has 0 aliphatic carbocycles. The maximum atomic E-state index is 11.8. The lowest BCUT2D eigenvalue weighted by atomic mass is 10.1. The maximum absolute atomic E-state index is 11.8. The van der Waals surface area contributed by atoms with Gasteiger partial charge in [0.1, 0.15) is 0 Å². The summed E-state index contributed by atoms with van der Waals surface area (Å²) >= 11 is 0. The number of benzene rings is 2. The first kappa shape index (κ1) is 25.3. The first-order valence-corrected chi connectivity index (χ1v) is 10.9. The molecule has 0 aliphatic rings. The van der Waals surface area contributed by atoms with Gasteiger partial charge in [0.05, 0.1) is 18.5 Å². The molecule has 0 aromatic heterocycles. The van der Waals surface area contributed by atoms with Crippen LogP contribution in [0.25, 0.3) is 0 Å². The Morgan fingerprint density at radius 1 is 1.16 bits per heavy atom. The van der Waals surface area contributed by atoms with Crippen molar-refractivity contribution in [1.82, 2.24) is 4.90 Å². The number of non-ortho nitro benzene ring substituents is 1. The smallest absolute Gasteiger partial charge is 0.306 e. The topological polar surface area (TPSA) is 93.9 Å². The van der Waals surface area contributed by atoms with Crippen molar-refractivity contribution >= 4 is 17.3 Å². The Morgan fingerprint density at radius 3 is 2.50 bits per heavy atom. The van der Waals surface area contributed by atoms with Crippen LogP contribution in [0, 0.1) is 10.1 Å². The average Bonchev–Trinajstić information content (AvgIpc) is 2.81. The Bertz CT molecular complexity index is 814. The van der Waals surface area contributed by atoms with Crippen LogP contribution in [-0.4, -0.2) is 55.2 Å². The van der Waals surface area contributed by atoms with Crippen LogP contribution < -0.4 is 5.32 Å². The molecule has 1 unspecified atom stereocenters. The number of nitrogens with zero attached hydrogens (tertiary/aromatic N) is 2. The second-order valence-corrected chi connectivity index (χ2v) is 7.53. The van der Waals surface area contributed by atoms with Crippen LogP contribution in [0.1, 0.15) is 31.7 Å². The van der Waals surface area contributed by atoms with Gasteiger partial charge in [0, 0.05) is 56.7 Å². The molecule has 0 radical (unpaired) electrons. The predicted octanol–water partition coefficient (Wildman–Crippen LogP) is 4.26. The van der Waals surface area contributed by atoms with Gasteiger partial charge >= 0.3 is 5.97 Å². The van der Waals surface area contributed by atoms with Crippen LogP contribution in [0.3, 0.4) is 0 Å². The molecule has 0 saturated heterocycles. The number of nitrogens with one attached hydrogen (secondary N) is 1. The minimum atomic E-state index is -0.406. The van der Waals surface area contributed by atoms with Crippen LogP contribution in [-0.2, 0) is 20.8 Å². The van der Waals surface area contributed by atoms with Crippen LogP contribution in [0.15, 0.2) is 54.6 Å². The zero-order chi connectivity index (χ0) is 23.2. The number of carbonyl (C=O) groups is 1. The van der Waals surface area contributed by atoms with E-state index in [9.17, 15) is 14.9 Å². The molecule has 1 N–H and O–H groups in total. The third-order valence-electron chi connectivity index (χ3n) is 5.08. The molecule has 8 nitrogen and oxygen atoms in total. The number of rotatable bonds is 15. The molecule has 0 saturated carbocycles. The number of nitro groups is 1. The van der Waals surface area contributed by atoms with E-state index in [0.717, 1.165) is 24.1 Å². The number of esters is 1. The van der Waals surface area contributed by atoms with Gasteiger partial charge in [-0.15, -0.1) is 0 Å². The molecular weight excluding hydrogens is 410 g/mol. The Kier molecular flexibility index (Phi) is 11.2. The lowest BCUT2D eigenvalue weighted by molar-refractivity contribution is -0.384. The normalized spacial score (nSPS) is 11.8. The highest BCUT2D eigenvalue weighted by atomic mass is 16.6. The molecular formula is C24H33N3O5. The predicted molar refractivity (Wildman–Crippen MR) is 125 cm³/mol. The number of carbonyl (C=O) groups excluding carboxylic acids is 1. The van der Waals surface area contributed by atoms with Gasteiger partial charge in [0.2, 0.25) is 0 Å². The van der Waals surface area contributed by atoms with E-state index in [4.69, 9.17) is 9.47 Å². The number of ether oxygens (including phenoxy) is 2. The molecule has 2 aromatic rings. The van der Waals surface area contributed by atoms with Crippen molar-refractivity contribution < 1.29 is 19.2 Å². The van der Waals surface area contributed by atoms with Crippen molar-refractivity contribution in [2.45, 2.75) is 38.8 Å². The fourth-order valence-corrected chi connectivity index (χ4v) is 3.43. The second-order valence-electron chi connectivity index (χ2n) is 7.53. The second kappa shape index (κ2) is 14.2. The molecule has 1 atom stereocenters. The third-order valence-corrected chi connectivity index (χ3v) is 5.08. The van der Waals surface area contributed by atoms with Crippen molar-refractivity contribution in [3.8, 4) is 0 Å². The van der Waals surface area contributed by atoms with E-state index in [1.165, 1.54) is 19.2 Å². The van der Waals surface area contributed by atoms with Gasteiger partial charge < -0.3 is 14.8 Å². The summed E-state index contributed by atoms with van der Waals surface area (Å²) in [5, 5.41) is 14.5. The van der Waals surface area contributed by atoms with Gasteiger partial charge in [-0.05, 0) is 37.5 Å². The Hall–Kier alpha value is -2.97. The third kappa shape index (κ3) is 9.45. The highest BCUT2D eigenvalue weighted by molar-refractivity contribution is 5.69. The fourth-order valence-electron chi connectivity index (χ4n) is 3.43. The van der Waals surface area contributed by atoms with Crippen molar-refractivity contribution in [2.24, 2.45) is 0 Å². The maximum Gasteiger partial charge on any atom is 0.306 e. The number of nitro benzene ring substituents is 1. The zero-order valence-corrected chi connectivity index (χ0v) is 18.9. The summed E-state index contributed by atoms with van der Waals surface area (Å²) in [6.45, 7) is 5.19. The van der Waals surface area contributed by atoms with E-state index in [1.54, 1.807) is 12.1 Å². The quantitative estimate of drug-likeness (QED) is 0.190. The Morgan fingerprint density at radius 2 is 1.88 bits per heavy atom. The Labute approximate surface area is 189 Å². The molecule has 32 heavy (non-hydrogen) atoms. The molecule has 8 heteroatoms. The van der Waals surface area contributed by atoms with E-state index in [1.807, 2.05) is 37.3 Å². The van der Waals surface area contributed by atoms with Crippen molar-refractivity contribution in [1.29, 1.82) is 0 Å². The van der Waals surface area contributed by atoms with Crippen LogP contribution >= 0.6 is 0 Å². The van der Waals surface area contributed by atoms with Crippen LogP contribution in [0.5, 0.6) is 0 Å². The van der Waals surface area contributed by atoms with Crippen LogP contribution in [0.4, 0.5) is 11.4 Å². The van der Waals surface area contributed by atoms with Crippen molar-refractivity contribution in [3.05, 3.63) is 70.3 Å². The van der Waals surface area contributed by atoms with Gasteiger partial charge in [-0.1, -0.05) is 30.3 Å². The summed E-state index contributed by atoms with van der Waals surface area (Å²) in [5.41, 5.74) is 2.06. The zero-order valence-electron chi connectivity index (χ0n) is 18.9. The van der Waals surface area contributed by atoms with Gasteiger partial charge in [0.25, 0.3) is 5.69 Å². The molecule has 0 bridgehead atoms. The lowest BCUT2D eigenvalue weighted by Crippen LogP contribution is -2.38. The number of hydrogen-bond donors (Lipinski definition) is 1. The first-order valence-electron chi connectivity index (χ1n) is 10.9. The van der Waals surface area contributed by atoms with Crippen molar-refractivity contribution in [2.75, 3.05) is 38.7 Å². The molecule has 2 rings (SSSR count). The highest BCUT2D eigenvalue weighted by Crippen LogP contribution is 2.16. The minimum Gasteiger partial charge on any atom is -0.469 e. The summed E-state index contributed by atoms with van der Waals surface area (Å²) in [7, 11) is 1.39. The molecule has 0 spiro atoms. The van der Waals surface area contributed by atoms with Crippen LogP contribution in [0.2, 0.25) is 0 Å². The van der Waals surface area contributed by atoms with E-state index in [-0.39, 0.29) is 24.1 Å². The largest absolute Gasteiger partial charge is 0.469 e. The van der Waals surface area contributed by atoms with Gasteiger partial charge in [-0.3, -0.25) is 19.8 Å². The molecule has 0 fully saturated rings. The monoisotopic (exact) mass is 443 g/mol. The molecule has 0 amide bonds. The van der Waals surface area contributed by atoms with Gasteiger partial charge in [-0.2, -0.15) is 0 Å². The Balaban J connectivity index is 2.10. The minimum absolute atomic E-state index is 0.0643. The van der Waals surface area contributed by atoms with Gasteiger partial charge in [-0.25, -0.2) is 0 Å². The molecule has 174 valence electrons. The number of methoxy groups -OCH3 is 1. The first-order chi connectivity index (χ1) is 15.5. The molecule has 0 heterocycles. The fraction of sp³-hybridized carbons (Fsp3) is 0.458. The highest BCUT2D eigenvalue weighted by Gasteiger charge is 2.17. The summed E-state index contributed by atoms with van der Waals surface area (Å²) in [6, 6.07) is 16.7. The number of anilines is 1. The number of hydrogen-bond acceptors (Lipinski definition) is 7. The van der Waals surface area contributed by atoms with Gasteiger partial charge in [0.15, 0.2) is 0 Å². The lowest BCUT2D eigenvalue weighted by Gasteiger charge is -2.29. The van der Waals surface area contributed by atoms with E-state index in [0.29, 0.717) is 32.8 Å². The summed E-state index contributed by atoms with van der Waals surface area (Å²) in [6.07, 6.45) is 2.10. The van der Waals surface area contributed by atoms with E-state index >= 15 is 0 Å². The molecule has 0 aliphatic heterocycles. The number of para-hydroxylation sites is 1. The standard InChI is InChI=1S/C24H33N3O5/c1-3-32-17-7-10-22(25-21-8-5-4-6-9-21)19-26(16-15-24(28)31-2)18-20-11-13-23(14-12-20)27(29)30/h4-6,8-9,11-14,22,25H,3,7,10,15-19H2,1-2H3. The molecule has 2 aromatic carbocycles.